The quantitative estimate of drug-likeness (QED) is 0.772. The predicted molar refractivity (Wildman–Crippen MR) is 79.8 cm³/mol. The number of halogens is 2. The summed E-state index contributed by atoms with van der Waals surface area (Å²) in [6, 6.07) is 10.5. The van der Waals surface area contributed by atoms with E-state index in [0.29, 0.717) is 11.1 Å². The Kier molecular flexibility index (Phi) is 4.81. The number of rotatable bonds is 5. The van der Waals surface area contributed by atoms with Gasteiger partial charge in [0.25, 0.3) is 0 Å². The maximum absolute atomic E-state index is 12.9. The zero-order chi connectivity index (χ0) is 16.3. The molecule has 2 unspecified atom stereocenters. The Hall–Kier alpha value is -2.36. The highest BCUT2D eigenvalue weighted by molar-refractivity contribution is 6.04. The van der Waals surface area contributed by atoms with E-state index >= 15 is 0 Å². The normalized spacial score (nSPS) is 13.5. The Morgan fingerprint density at radius 2 is 0.955 bits per heavy atom. The minimum atomic E-state index is -0.553. The van der Waals surface area contributed by atoms with E-state index in [1.807, 2.05) is 0 Å². The molecule has 2 atom stereocenters. The largest absolute Gasteiger partial charge is 0.294 e. The van der Waals surface area contributed by atoms with Crippen molar-refractivity contribution in [2.45, 2.75) is 13.8 Å². The van der Waals surface area contributed by atoms with E-state index < -0.39 is 23.5 Å². The highest BCUT2D eigenvalue weighted by atomic mass is 19.1. The molecule has 2 aromatic carbocycles. The van der Waals surface area contributed by atoms with Gasteiger partial charge in [0.05, 0.1) is 0 Å². The van der Waals surface area contributed by atoms with Crippen molar-refractivity contribution in [3.05, 3.63) is 71.3 Å². The van der Waals surface area contributed by atoms with Gasteiger partial charge in [-0.3, -0.25) is 9.59 Å². The standard InChI is InChI=1S/C18H16F2O2/c1-11(17(21)13-3-7-15(19)8-4-13)12(2)18(22)14-5-9-16(20)10-6-14/h3-12H,1-2H3. The molecule has 0 fully saturated rings. The van der Waals surface area contributed by atoms with E-state index in [0.717, 1.165) is 0 Å². The topological polar surface area (TPSA) is 34.1 Å². The Bertz CT molecular complexity index is 614. The van der Waals surface area contributed by atoms with Crippen LogP contribution in [0.15, 0.2) is 48.5 Å². The second-order valence-corrected chi connectivity index (χ2v) is 5.32. The zero-order valence-electron chi connectivity index (χ0n) is 12.3. The first-order valence-corrected chi connectivity index (χ1v) is 6.99. The number of hydrogen-bond acceptors (Lipinski definition) is 2. The molecular formula is C18H16F2O2. The van der Waals surface area contributed by atoms with Crippen LogP contribution >= 0.6 is 0 Å². The summed E-state index contributed by atoms with van der Waals surface area (Å²) in [5.74, 6) is -2.38. The molecule has 2 rings (SSSR count). The van der Waals surface area contributed by atoms with Crippen molar-refractivity contribution in [2.75, 3.05) is 0 Å². The van der Waals surface area contributed by atoms with E-state index in [9.17, 15) is 18.4 Å². The van der Waals surface area contributed by atoms with Crippen molar-refractivity contribution in [1.29, 1.82) is 0 Å². The third kappa shape index (κ3) is 3.45. The molecule has 0 heterocycles. The fraction of sp³-hybridized carbons (Fsp3) is 0.222. The molecule has 0 bridgehead atoms. The number of carbonyl (C=O) groups is 2. The van der Waals surface area contributed by atoms with Crippen LogP contribution in [0.5, 0.6) is 0 Å². The number of hydrogen-bond donors (Lipinski definition) is 0. The molecule has 4 heteroatoms. The van der Waals surface area contributed by atoms with Gasteiger partial charge in [-0.1, -0.05) is 13.8 Å². The second-order valence-electron chi connectivity index (χ2n) is 5.32. The number of Topliss-reactive ketones (excluding diaryl/α,β-unsaturated/α-hetero) is 2. The van der Waals surface area contributed by atoms with Crippen LogP contribution in [-0.4, -0.2) is 11.6 Å². The molecule has 0 N–H and O–H groups in total. The number of benzene rings is 2. The molecule has 0 aliphatic heterocycles. The molecule has 0 aromatic heterocycles. The smallest absolute Gasteiger partial charge is 0.166 e. The fourth-order valence-electron chi connectivity index (χ4n) is 2.21. The summed E-state index contributed by atoms with van der Waals surface area (Å²) in [6.07, 6.45) is 0. The van der Waals surface area contributed by atoms with E-state index in [2.05, 4.69) is 0 Å². The summed E-state index contributed by atoms with van der Waals surface area (Å²) in [7, 11) is 0. The van der Waals surface area contributed by atoms with Gasteiger partial charge in [-0.2, -0.15) is 0 Å². The van der Waals surface area contributed by atoms with Crippen molar-refractivity contribution < 1.29 is 18.4 Å². The van der Waals surface area contributed by atoms with E-state index in [1.54, 1.807) is 13.8 Å². The van der Waals surface area contributed by atoms with Crippen molar-refractivity contribution in [2.24, 2.45) is 11.8 Å². The summed E-state index contributed by atoms with van der Waals surface area (Å²) in [5.41, 5.74) is 0.736. The lowest BCUT2D eigenvalue weighted by molar-refractivity contribution is 0.0794. The first-order chi connectivity index (χ1) is 10.4. The SMILES string of the molecule is CC(C(=O)c1ccc(F)cc1)C(C)C(=O)c1ccc(F)cc1. The van der Waals surface area contributed by atoms with E-state index in [4.69, 9.17) is 0 Å². The summed E-state index contributed by atoms with van der Waals surface area (Å²) >= 11 is 0. The molecule has 0 aliphatic carbocycles. The molecule has 0 radical (unpaired) electrons. The summed E-state index contributed by atoms with van der Waals surface area (Å²) in [6.45, 7) is 3.33. The highest BCUT2D eigenvalue weighted by Gasteiger charge is 2.27. The van der Waals surface area contributed by atoms with Gasteiger partial charge in [-0.15, -0.1) is 0 Å². The van der Waals surface area contributed by atoms with Crippen molar-refractivity contribution in [3.63, 3.8) is 0 Å². The van der Waals surface area contributed by atoms with Gasteiger partial charge in [0.15, 0.2) is 11.6 Å². The van der Waals surface area contributed by atoms with Gasteiger partial charge >= 0.3 is 0 Å². The van der Waals surface area contributed by atoms with Gasteiger partial charge in [0.1, 0.15) is 11.6 Å². The Morgan fingerprint density at radius 1 is 0.682 bits per heavy atom. The number of ketones is 2. The molecule has 22 heavy (non-hydrogen) atoms. The lowest BCUT2D eigenvalue weighted by Gasteiger charge is -2.18. The van der Waals surface area contributed by atoms with Crippen LogP contribution in [0.2, 0.25) is 0 Å². The molecule has 2 aromatic rings. The number of carbonyl (C=O) groups excluding carboxylic acids is 2. The maximum Gasteiger partial charge on any atom is 0.166 e. The Balaban J connectivity index is 2.15. The molecule has 2 nitrogen and oxygen atoms in total. The third-order valence-electron chi connectivity index (χ3n) is 3.83. The third-order valence-corrected chi connectivity index (χ3v) is 3.83. The molecule has 0 saturated carbocycles. The Morgan fingerprint density at radius 3 is 1.23 bits per heavy atom. The van der Waals surface area contributed by atoms with E-state index in [1.165, 1.54) is 48.5 Å². The molecule has 0 amide bonds. The van der Waals surface area contributed by atoms with Crippen LogP contribution in [0.3, 0.4) is 0 Å². The molecule has 0 spiro atoms. The van der Waals surface area contributed by atoms with Crippen molar-refractivity contribution in [3.8, 4) is 0 Å². The minimum absolute atomic E-state index is 0.219. The van der Waals surface area contributed by atoms with E-state index in [-0.39, 0.29) is 11.6 Å². The van der Waals surface area contributed by atoms with Crippen LogP contribution < -0.4 is 0 Å². The van der Waals surface area contributed by atoms with Crippen LogP contribution in [0, 0.1) is 23.5 Å². The zero-order valence-corrected chi connectivity index (χ0v) is 12.3. The van der Waals surface area contributed by atoms with Gasteiger partial charge in [0, 0.05) is 23.0 Å². The van der Waals surface area contributed by atoms with Gasteiger partial charge in [-0.25, -0.2) is 8.78 Å². The van der Waals surface area contributed by atoms with Crippen molar-refractivity contribution >= 4 is 11.6 Å². The monoisotopic (exact) mass is 302 g/mol. The first kappa shape index (κ1) is 16.0. The lowest BCUT2D eigenvalue weighted by Crippen LogP contribution is -2.26. The van der Waals surface area contributed by atoms with Crippen LogP contribution in [-0.2, 0) is 0 Å². The lowest BCUT2D eigenvalue weighted by atomic mass is 9.83. The maximum atomic E-state index is 12.9. The first-order valence-electron chi connectivity index (χ1n) is 6.99. The van der Waals surface area contributed by atoms with Gasteiger partial charge < -0.3 is 0 Å². The van der Waals surface area contributed by atoms with Crippen LogP contribution in [0.4, 0.5) is 8.78 Å². The average molecular weight is 302 g/mol. The second kappa shape index (κ2) is 6.60. The van der Waals surface area contributed by atoms with Crippen LogP contribution in [0.1, 0.15) is 34.6 Å². The summed E-state index contributed by atoms with van der Waals surface area (Å²) in [5, 5.41) is 0. The Labute approximate surface area is 127 Å². The molecular weight excluding hydrogens is 286 g/mol. The highest BCUT2D eigenvalue weighted by Crippen LogP contribution is 2.22. The van der Waals surface area contributed by atoms with Gasteiger partial charge in [-0.05, 0) is 48.5 Å². The fourth-order valence-corrected chi connectivity index (χ4v) is 2.21. The summed E-state index contributed by atoms with van der Waals surface area (Å²) in [4.78, 5) is 24.7. The van der Waals surface area contributed by atoms with Crippen molar-refractivity contribution in [1.82, 2.24) is 0 Å². The summed E-state index contributed by atoms with van der Waals surface area (Å²) < 4.78 is 25.8. The van der Waals surface area contributed by atoms with Gasteiger partial charge in [0.2, 0.25) is 0 Å². The van der Waals surface area contributed by atoms with Crippen LogP contribution in [0.25, 0.3) is 0 Å². The molecule has 0 saturated heterocycles. The predicted octanol–water partition coefficient (Wildman–Crippen LogP) is 4.30. The molecule has 0 aliphatic rings. The molecule has 114 valence electrons. The average Bonchev–Trinajstić information content (AvgIpc) is 2.53. The minimum Gasteiger partial charge on any atom is -0.294 e.